The summed E-state index contributed by atoms with van der Waals surface area (Å²) in [6.07, 6.45) is 2.34. The van der Waals surface area contributed by atoms with Crippen LogP contribution in [0, 0.1) is 12.8 Å². The highest BCUT2D eigenvalue weighted by molar-refractivity contribution is 6.30. The number of benzene rings is 2. The van der Waals surface area contributed by atoms with Crippen molar-refractivity contribution in [3.05, 3.63) is 69.5 Å². The fourth-order valence-electron chi connectivity index (χ4n) is 3.24. The molecule has 6 heteroatoms. The van der Waals surface area contributed by atoms with E-state index in [4.69, 9.17) is 16.3 Å². The van der Waals surface area contributed by atoms with Crippen molar-refractivity contribution in [3.63, 3.8) is 0 Å². The average Bonchev–Trinajstić information content (AvgIpc) is 3.49. The van der Waals surface area contributed by atoms with E-state index in [1.54, 1.807) is 30.3 Å². The molecular formula is C22H21ClN2O3. The third-order valence-corrected chi connectivity index (χ3v) is 5.18. The number of hydrogen-bond acceptors (Lipinski definition) is 3. The molecule has 1 heterocycles. The van der Waals surface area contributed by atoms with Crippen molar-refractivity contribution in [1.29, 1.82) is 0 Å². The van der Waals surface area contributed by atoms with Gasteiger partial charge in [0.05, 0.1) is 5.52 Å². The Morgan fingerprint density at radius 1 is 1.18 bits per heavy atom. The topological polar surface area (TPSA) is 60.3 Å². The molecule has 0 bridgehead atoms. The Balaban J connectivity index is 1.51. The van der Waals surface area contributed by atoms with Gasteiger partial charge in [-0.1, -0.05) is 11.6 Å². The minimum atomic E-state index is -0.262. The zero-order valence-electron chi connectivity index (χ0n) is 15.6. The van der Waals surface area contributed by atoms with Crippen molar-refractivity contribution >= 4 is 34.1 Å². The first kappa shape index (κ1) is 18.6. The number of fused-ring (bicyclic) bond motifs is 1. The molecule has 0 saturated heterocycles. The van der Waals surface area contributed by atoms with Crippen LogP contribution in [0.3, 0.4) is 0 Å². The largest absolute Gasteiger partial charge is 0.484 e. The van der Waals surface area contributed by atoms with Gasteiger partial charge in [-0.15, -0.1) is 0 Å². The van der Waals surface area contributed by atoms with Crippen molar-refractivity contribution < 1.29 is 9.53 Å². The monoisotopic (exact) mass is 396 g/mol. The highest BCUT2D eigenvalue weighted by atomic mass is 35.5. The molecule has 3 aromatic rings. The van der Waals surface area contributed by atoms with Crippen LogP contribution < -0.4 is 15.6 Å². The molecule has 144 valence electrons. The Labute approximate surface area is 167 Å². The van der Waals surface area contributed by atoms with Crippen LogP contribution in [0.2, 0.25) is 5.02 Å². The molecule has 1 aliphatic rings. The van der Waals surface area contributed by atoms with E-state index in [0.29, 0.717) is 22.4 Å². The van der Waals surface area contributed by atoms with Crippen molar-refractivity contribution in [1.82, 2.24) is 4.57 Å². The summed E-state index contributed by atoms with van der Waals surface area (Å²) >= 11 is 5.85. The zero-order valence-corrected chi connectivity index (χ0v) is 16.3. The lowest BCUT2D eigenvalue weighted by Gasteiger charge is -2.14. The Bertz CT molecular complexity index is 1090. The van der Waals surface area contributed by atoms with Gasteiger partial charge in [0.2, 0.25) is 0 Å². The molecule has 0 atom stereocenters. The van der Waals surface area contributed by atoms with Crippen molar-refractivity contribution in [3.8, 4) is 5.75 Å². The molecule has 1 fully saturated rings. The quantitative estimate of drug-likeness (QED) is 0.672. The fraction of sp³-hybridized carbons (Fsp3) is 0.273. The molecule has 1 aliphatic carbocycles. The van der Waals surface area contributed by atoms with Crippen molar-refractivity contribution in [2.24, 2.45) is 5.92 Å². The Kier molecular flexibility index (Phi) is 5.09. The molecule has 0 aliphatic heterocycles. The van der Waals surface area contributed by atoms with Crippen LogP contribution in [0.25, 0.3) is 10.9 Å². The van der Waals surface area contributed by atoms with E-state index in [9.17, 15) is 9.59 Å². The first-order valence-corrected chi connectivity index (χ1v) is 9.70. The zero-order chi connectivity index (χ0) is 19.7. The van der Waals surface area contributed by atoms with Gasteiger partial charge in [-0.2, -0.15) is 0 Å². The number of anilines is 1. The third-order valence-electron chi connectivity index (χ3n) is 4.93. The Morgan fingerprint density at radius 3 is 2.64 bits per heavy atom. The Hall–Kier alpha value is -2.79. The smallest absolute Gasteiger partial charge is 0.262 e. The van der Waals surface area contributed by atoms with E-state index in [0.717, 1.165) is 23.0 Å². The van der Waals surface area contributed by atoms with Gasteiger partial charge >= 0.3 is 0 Å². The van der Waals surface area contributed by atoms with Crippen molar-refractivity contribution in [2.45, 2.75) is 26.3 Å². The van der Waals surface area contributed by atoms with E-state index in [-0.39, 0.29) is 18.1 Å². The lowest BCUT2D eigenvalue weighted by molar-refractivity contribution is -0.118. The van der Waals surface area contributed by atoms with Crippen LogP contribution >= 0.6 is 11.6 Å². The predicted molar refractivity (Wildman–Crippen MR) is 111 cm³/mol. The second-order valence-corrected chi connectivity index (χ2v) is 7.68. The van der Waals surface area contributed by atoms with E-state index < -0.39 is 0 Å². The molecule has 28 heavy (non-hydrogen) atoms. The van der Waals surface area contributed by atoms with E-state index >= 15 is 0 Å². The third kappa shape index (κ3) is 4.20. The van der Waals surface area contributed by atoms with Gasteiger partial charge in [0.15, 0.2) is 6.61 Å². The number of carbonyl (C=O) groups excluding carboxylic acids is 1. The number of pyridine rings is 1. The maximum atomic E-state index is 12.5. The number of nitrogens with zero attached hydrogens (tertiary/aromatic N) is 1. The average molecular weight is 397 g/mol. The van der Waals surface area contributed by atoms with Crippen LogP contribution in [0.15, 0.2) is 53.3 Å². The van der Waals surface area contributed by atoms with Crippen molar-refractivity contribution in [2.75, 3.05) is 11.9 Å². The molecule has 1 saturated carbocycles. The second kappa shape index (κ2) is 7.68. The summed E-state index contributed by atoms with van der Waals surface area (Å²) in [6, 6.07) is 14.2. The molecule has 5 nitrogen and oxygen atoms in total. The number of aromatic nitrogens is 1. The molecule has 0 spiro atoms. The SMILES string of the molecule is Cc1cc(=O)n(CC2CC2)c2cc(OCC(=O)Nc3ccc(Cl)cc3)ccc12. The summed E-state index contributed by atoms with van der Waals surface area (Å²) < 4.78 is 7.49. The van der Waals surface area contributed by atoms with Gasteiger partial charge in [-0.3, -0.25) is 9.59 Å². The minimum absolute atomic E-state index is 0.00883. The molecule has 1 N–H and O–H groups in total. The summed E-state index contributed by atoms with van der Waals surface area (Å²) in [5, 5.41) is 4.40. The lowest BCUT2D eigenvalue weighted by atomic mass is 10.1. The summed E-state index contributed by atoms with van der Waals surface area (Å²) in [7, 11) is 0. The van der Waals surface area contributed by atoms with Gasteiger partial charge in [0.1, 0.15) is 5.75 Å². The van der Waals surface area contributed by atoms with Crippen LogP contribution in [-0.2, 0) is 11.3 Å². The summed E-state index contributed by atoms with van der Waals surface area (Å²) in [4.78, 5) is 24.6. The standard InChI is InChI=1S/C22H21ClN2O3/c1-14-10-22(27)25(12-15-2-3-15)20-11-18(8-9-19(14)20)28-13-21(26)24-17-6-4-16(23)5-7-17/h4-11,15H,2-3,12-13H2,1H3,(H,24,26). The number of carbonyl (C=O) groups is 1. The number of nitrogens with one attached hydrogen (secondary N) is 1. The van der Waals surface area contributed by atoms with Crippen LogP contribution in [-0.4, -0.2) is 17.1 Å². The molecule has 0 unspecified atom stereocenters. The van der Waals surface area contributed by atoms with Gasteiger partial charge < -0.3 is 14.6 Å². The highest BCUT2D eigenvalue weighted by Crippen LogP contribution is 2.32. The molecule has 1 aromatic heterocycles. The molecule has 4 rings (SSSR count). The van der Waals surface area contributed by atoms with Gasteiger partial charge in [0.25, 0.3) is 11.5 Å². The molecule has 0 radical (unpaired) electrons. The molecular weight excluding hydrogens is 376 g/mol. The lowest BCUT2D eigenvalue weighted by Crippen LogP contribution is -2.22. The number of rotatable bonds is 6. The van der Waals surface area contributed by atoms with Crippen LogP contribution in [0.1, 0.15) is 18.4 Å². The maximum absolute atomic E-state index is 12.5. The van der Waals surface area contributed by atoms with Gasteiger partial charge in [0, 0.05) is 34.8 Å². The molecule has 1 amide bonds. The first-order valence-electron chi connectivity index (χ1n) is 9.32. The maximum Gasteiger partial charge on any atom is 0.262 e. The highest BCUT2D eigenvalue weighted by Gasteiger charge is 2.23. The van der Waals surface area contributed by atoms with E-state index in [1.807, 2.05) is 29.7 Å². The number of halogens is 1. The Morgan fingerprint density at radius 2 is 1.93 bits per heavy atom. The number of ether oxygens (including phenoxy) is 1. The van der Waals surface area contributed by atoms with Crippen LogP contribution in [0.5, 0.6) is 5.75 Å². The first-order chi connectivity index (χ1) is 13.5. The summed E-state index contributed by atoms with van der Waals surface area (Å²) in [5.74, 6) is 0.883. The van der Waals surface area contributed by atoms with E-state index in [1.165, 1.54) is 12.8 Å². The molecule has 2 aromatic carbocycles. The van der Waals surface area contributed by atoms with E-state index in [2.05, 4.69) is 5.32 Å². The van der Waals surface area contributed by atoms with Gasteiger partial charge in [-0.25, -0.2) is 0 Å². The van der Waals surface area contributed by atoms with Gasteiger partial charge in [-0.05, 0) is 67.6 Å². The number of hydrogen-bond donors (Lipinski definition) is 1. The number of amides is 1. The number of aryl methyl sites for hydroxylation is 1. The summed E-state index contributed by atoms with van der Waals surface area (Å²) in [5.41, 5.74) is 2.46. The predicted octanol–water partition coefficient (Wildman–Crippen LogP) is 4.39. The summed E-state index contributed by atoms with van der Waals surface area (Å²) in [6.45, 7) is 2.55. The normalized spacial score (nSPS) is 13.5. The second-order valence-electron chi connectivity index (χ2n) is 7.24. The minimum Gasteiger partial charge on any atom is -0.484 e. The fourth-order valence-corrected chi connectivity index (χ4v) is 3.37. The van der Waals surface area contributed by atoms with Crippen LogP contribution in [0.4, 0.5) is 5.69 Å².